The average molecular weight is 410 g/mol. The van der Waals surface area contributed by atoms with Crippen LogP contribution in [0.15, 0.2) is 43.0 Å². The Bertz CT molecular complexity index is 1090. The standard InChI is InChI=1S/C20H22N6O4/c1-20(2)29-14-12(8-21)28-19(15(14)30-20)26-10-24-13-16(22-9-23-17(13)26)25-18(27)11-6-4-3-5-7-11/h3-7,9-10,12,14-15,19H,8,21H2,1-2H3,(H,22,23,25,27). The van der Waals surface area contributed by atoms with Crippen molar-refractivity contribution in [3.05, 3.63) is 48.5 Å². The van der Waals surface area contributed by atoms with Crippen LogP contribution in [-0.4, -0.2) is 56.1 Å². The molecule has 2 fully saturated rings. The van der Waals surface area contributed by atoms with Gasteiger partial charge in [0.2, 0.25) is 0 Å². The molecule has 156 valence electrons. The largest absolute Gasteiger partial charge is 0.348 e. The van der Waals surface area contributed by atoms with Gasteiger partial charge in [-0.3, -0.25) is 9.36 Å². The zero-order chi connectivity index (χ0) is 20.9. The molecular weight excluding hydrogens is 388 g/mol. The van der Waals surface area contributed by atoms with Crippen LogP contribution in [0.2, 0.25) is 0 Å². The molecule has 4 heterocycles. The van der Waals surface area contributed by atoms with Crippen LogP contribution < -0.4 is 11.1 Å². The molecule has 3 N–H and O–H groups in total. The predicted molar refractivity (Wildman–Crippen MR) is 107 cm³/mol. The van der Waals surface area contributed by atoms with E-state index < -0.39 is 12.0 Å². The molecule has 2 aliphatic heterocycles. The lowest BCUT2D eigenvalue weighted by Gasteiger charge is -2.24. The van der Waals surface area contributed by atoms with Gasteiger partial charge < -0.3 is 25.3 Å². The van der Waals surface area contributed by atoms with E-state index in [1.54, 1.807) is 35.2 Å². The number of hydrogen-bond acceptors (Lipinski definition) is 8. The summed E-state index contributed by atoms with van der Waals surface area (Å²) in [7, 11) is 0. The van der Waals surface area contributed by atoms with Crippen molar-refractivity contribution >= 4 is 22.9 Å². The monoisotopic (exact) mass is 410 g/mol. The van der Waals surface area contributed by atoms with Gasteiger partial charge in [-0.2, -0.15) is 0 Å². The molecule has 0 spiro atoms. The Morgan fingerprint density at radius 3 is 2.70 bits per heavy atom. The van der Waals surface area contributed by atoms with E-state index in [1.165, 1.54) is 6.33 Å². The summed E-state index contributed by atoms with van der Waals surface area (Å²) in [4.78, 5) is 25.5. The third-order valence-corrected chi connectivity index (χ3v) is 5.26. The van der Waals surface area contributed by atoms with Crippen LogP contribution in [0.5, 0.6) is 0 Å². The maximum absolute atomic E-state index is 12.5. The van der Waals surface area contributed by atoms with Crippen LogP contribution in [0.25, 0.3) is 11.2 Å². The molecule has 2 aromatic heterocycles. The van der Waals surface area contributed by atoms with E-state index in [9.17, 15) is 4.79 Å². The lowest BCUT2D eigenvalue weighted by Crippen LogP contribution is -2.34. The molecule has 0 radical (unpaired) electrons. The van der Waals surface area contributed by atoms with Gasteiger partial charge in [0.25, 0.3) is 5.91 Å². The third kappa shape index (κ3) is 3.14. The van der Waals surface area contributed by atoms with E-state index >= 15 is 0 Å². The number of benzene rings is 1. The summed E-state index contributed by atoms with van der Waals surface area (Å²) >= 11 is 0. The van der Waals surface area contributed by atoms with Crippen molar-refractivity contribution < 1.29 is 19.0 Å². The minimum absolute atomic E-state index is 0.278. The zero-order valence-corrected chi connectivity index (χ0v) is 16.6. The first kappa shape index (κ1) is 19.1. The molecule has 0 saturated carbocycles. The number of carbonyl (C=O) groups is 1. The van der Waals surface area contributed by atoms with Gasteiger partial charge in [0.1, 0.15) is 24.6 Å². The number of carbonyl (C=O) groups excluding carboxylic acids is 1. The van der Waals surface area contributed by atoms with E-state index in [-0.39, 0.29) is 24.2 Å². The lowest BCUT2D eigenvalue weighted by molar-refractivity contribution is -0.195. The number of nitrogens with two attached hydrogens (primary N) is 1. The fraction of sp³-hybridized carbons (Fsp3) is 0.400. The number of anilines is 1. The molecule has 4 unspecified atom stereocenters. The molecule has 1 amide bonds. The number of rotatable bonds is 4. The third-order valence-electron chi connectivity index (χ3n) is 5.26. The SMILES string of the molecule is CC1(C)OC2C(CN)OC(n3cnc4c(NC(=O)c5ccccc5)ncnc43)C2O1. The lowest BCUT2D eigenvalue weighted by atomic mass is 10.1. The predicted octanol–water partition coefficient (Wildman–Crippen LogP) is 1.45. The molecule has 30 heavy (non-hydrogen) atoms. The second kappa shape index (κ2) is 7.10. The summed E-state index contributed by atoms with van der Waals surface area (Å²) in [6, 6.07) is 8.90. The summed E-state index contributed by atoms with van der Waals surface area (Å²) < 4.78 is 20.0. The van der Waals surface area contributed by atoms with Crippen molar-refractivity contribution in [3.63, 3.8) is 0 Å². The smallest absolute Gasteiger partial charge is 0.256 e. The Kier molecular flexibility index (Phi) is 4.51. The van der Waals surface area contributed by atoms with Crippen molar-refractivity contribution in [1.82, 2.24) is 19.5 Å². The molecule has 10 nitrogen and oxygen atoms in total. The number of amides is 1. The number of imidazole rings is 1. The minimum atomic E-state index is -0.731. The van der Waals surface area contributed by atoms with Crippen molar-refractivity contribution in [3.8, 4) is 0 Å². The second-order valence-corrected chi connectivity index (χ2v) is 7.73. The van der Waals surface area contributed by atoms with Crippen molar-refractivity contribution in [1.29, 1.82) is 0 Å². The Morgan fingerprint density at radius 2 is 1.93 bits per heavy atom. The van der Waals surface area contributed by atoms with Gasteiger partial charge >= 0.3 is 0 Å². The van der Waals surface area contributed by atoms with Crippen LogP contribution in [0.4, 0.5) is 5.82 Å². The maximum atomic E-state index is 12.5. The van der Waals surface area contributed by atoms with Crippen molar-refractivity contribution in [2.75, 3.05) is 11.9 Å². The Morgan fingerprint density at radius 1 is 1.17 bits per heavy atom. The Hall–Kier alpha value is -2.92. The summed E-state index contributed by atoms with van der Waals surface area (Å²) in [6.45, 7) is 4.03. The zero-order valence-electron chi connectivity index (χ0n) is 16.6. The van der Waals surface area contributed by atoms with Gasteiger partial charge in [-0.15, -0.1) is 0 Å². The number of hydrogen-bond donors (Lipinski definition) is 2. The van der Waals surface area contributed by atoms with Gasteiger partial charge in [0.05, 0.1) is 6.33 Å². The highest BCUT2D eigenvalue weighted by molar-refractivity contribution is 6.06. The molecule has 2 aliphatic rings. The van der Waals surface area contributed by atoms with Gasteiger partial charge in [-0.1, -0.05) is 18.2 Å². The highest BCUT2D eigenvalue weighted by Crippen LogP contribution is 2.43. The van der Waals surface area contributed by atoms with Crippen LogP contribution in [0, 0.1) is 0 Å². The first-order valence-electron chi connectivity index (χ1n) is 9.72. The number of nitrogens with zero attached hydrogens (tertiary/aromatic N) is 4. The molecule has 4 atom stereocenters. The fourth-order valence-electron chi connectivity index (χ4n) is 3.97. The van der Waals surface area contributed by atoms with Crippen LogP contribution in [-0.2, 0) is 14.2 Å². The second-order valence-electron chi connectivity index (χ2n) is 7.73. The normalized spacial score (nSPS) is 27.3. The molecule has 5 rings (SSSR count). The fourth-order valence-corrected chi connectivity index (χ4v) is 3.97. The molecule has 3 aromatic rings. The minimum Gasteiger partial charge on any atom is -0.348 e. The molecule has 2 saturated heterocycles. The van der Waals surface area contributed by atoms with Gasteiger partial charge in [0, 0.05) is 12.1 Å². The summed E-state index contributed by atoms with van der Waals surface area (Å²) in [6.07, 6.45) is 1.52. The van der Waals surface area contributed by atoms with E-state index in [2.05, 4.69) is 20.3 Å². The van der Waals surface area contributed by atoms with Gasteiger partial charge in [-0.05, 0) is 26.0 Å². The number of aromatic nitrogens is 4. The van der Waals surface area contributed by atoms with Crippen LogP contribution >= 0.6 is 0 Å². The number of fused-ring (bicyclic) bond motifs is 2. The average Bonchev–Trinajstić information content (AvgIpc) is 3.39. The van der Waals surface area contributed by atoms with E-state index in [0.717, 1.165) is 0 Å². The van der Waals surface area contributed by atoms with Gasteiger partial charge in [-0.25, -0.2) is 15.0 Å². The van der Waals surface area contributed by atoms with E-state index in [4.69, 9.17) is 19.9 Å². The number of nitrogens with one attached hydrogen (secondary N) is 1. The van der Waals surface area contributed by atoms with E-state index in [0.29, 0.717) is 29.1 Å². The molecule has 1 aromatic carbocycles. The molecular formula is C20H22N6O4. The summed E-state index contributed by atoms with van der Waals surface area (Å²) in [5.74, 6) is -0.688. The molecule has 10 heteroatoms. The number of ether oxygens (including phenoxy) is 3. The first-order chi connectivity index (χ1) is 14.5. The van der Waals surface area contributed by atoms with Crippen LogP contribution in [0.1, 0.15) is 30.4 Å². The first-order valence-corrected chi connectivity index (χ1v) is 9.72. The topological polar surface area (TPSA) is 126 Å². The van der Waals surface area contributed by atoms with Crippen molar-refractivity contribution in [2.45, 2.75) is 44.2 Å². The van der Waals surface area contributed by atoms with Gasteiger partial charge in [0.15, 0.2) is 29.0 Å². The Balaban J connectivity index is 1.47. The quantitative estimate of drug-likeness (QED) is 0.662. The summed E-state index contributed by atoms with van der Waals surface area (Å²) in [5, 5.41) is 2.80. The van der Waals surface area contributed by atoms with E-state index in [1.807, 2.05) is 19.9 Å². The summed E-state index contributed by atoms with van der Waals surface area (Å²) in [5.41, 5.74) is 7.38. The molecule has 0 aliphatic carbocycles. The van der Waals surface area contributed by atoms with Crippen LogP contribution in [0.3, 0.4) is 0 Å². The highest BCUT2D eigenvalue weighted by atomic mass is 16.8. The Labute approximate surface area is 172 Å². The highest BCUT2D eigenvalue weighted by Gasteiger charge is 2.55. The molecule has 0 bridgehead atoms. The van der Waals surface area contributed by atoms with Crippen molar-refractivity contribution in [2.24, 2.45) is 5.73 Å². The maximum Gasteiger partial charge on any atom is 0.256 e.